The van der Waals surface area contributed by atoms with Crippen LogP contribution in [0.4, 0.5) is 0 Å². The first-order valence-electron chi connectivity index (χ1n) is 6.08. The van der Waals surface area contributed by atoms with E-state index < -0.39 is 11.9 Å². The van der Waals surface area contributed by atoms with Crippen LogP contribution in [0.5, 0.6) is 0 Å². The van der Waals surface area contributed by atoms with Crippen LogP contribution in [0.15, 0.2) is 6.20 Å². The Morgan fingerprint density at radius 3 is 2.88 bits per heavy atom. The van der Waals surface area contributed by atoms with Crippen molar-refractivity contribution in [2.24, 2.45) is 5.92 Å². The van der Waals surface area contributed by atoms with Crippen LogP contribution in [-0.2, 0) is 11.2 Å². The lowest BCUT2D eigenvalue weighted by Gasteiger charge is -2.09. The number of carbonyl (C=O) groups is 1. The summed E-state index contributed by atoms with van der Waals surface area (Å²) >= 11 is 0. The summed E-state index contributed by atoms with van der Waals surface area (Å²) in [6, 6.07) is 0. The molecule has 0 saturated heterocycles. The molecule has 0 radical (unpaired) electrons. The van der Waals surface area contributed by atoms with Crippen LogP contribution < -0.4 is 0 Å². The molecule has 0 aliphatic heterocycles. The number of rotatable bonds is 4. The van der Waals surface area contributed by atoms with E-state index in [0.717, 1.165) is 18.5 Å². The maximum atomic E-state index is 10.8. The minimum absolute atomic E-state index is 0.350. The number of hydrogen-bond donors (Lipinski definition) is 1. The lowest BCUT2D eigenvalue weighted by molar-refractivity contribution is -0.141. The highest BCUT2D eigenvalue weighted by molar-refractivity contribution is 5.69. The van der Waals surface area contributed by atoms with Gasteiger partial charge in [0.25, 0.3) is 0 Å². The molecule has 92 valence electrons. The van der Waals surface area contributed by atoms with E-state index in [1.807, 2.05) is 0 Å². The third-order valence-corrected chi connectivity index (χ3v) is 3.31. The van der Waals surface area contributed by atoms with Crippen LogP contribution >= 0.6 is 0 Å². The number of aliphatic carboxylic acids is 1. The van der Waals surface area contributed by atoms with E-state index in [9.17, 15) is 4.79 Å². The molecule has 0 bridgehead atoms. The Balaban J connectivity index is 2.08. The Bertz CT molecular complexity index is 402. The summed E-state index contributed by atoms with van der Waals surface area (Å²) in [4.78, 5) is 15.2. The molecule has 1 aromatic rings. The summed E-state index contributed by atoms with van der Waals surface area (Å²) in [5, 5.41) is 16.7. The quantitative estimate of drug-likeness (QED) is 0.861. The molecule has 0 aromatic carbocycles. The Labute approximate surface area is 100 Å². The summed E-state index contributed by atoms with van der Waals surface area (Å²) in [6.45, 7) is 1.66. The van der Waals surface area contributed by atoms with E-state index in [0.29, 0.717) is 18.2 Å². The summed E-state index contributed by atoms with van der Waals surface area (Å²) in [5.74, 6) is -0.246. The average Bonchev–Trinajstić information content (AvgIpc) is 2.82. The van der Waals surface area contributed by atoms with Crippen molar-refractivity contribution in [2.75, 3.05) is 0 Å². The summed E-state index contributed by atoms with van der Waals surface area (Å²) in [7, 11) is 0. The van der Waals surface area contributed by atoms with Gasteiger partial charge < -0.3 is 5.11 Å². The first-order valence-corrected chi connectivity index (χ1v) is 6.08. The molecule has 0 amide bonds. The van der Waals surface area contributed by atoms with Crippen LogP contribution in [0.2, 0.25) is 0 Å². The van der Waals surface area contributed by atoms with Gasteiger partial charge in [0.15, 0.2) is 5.82 Å². The van der Waals surface area contributed by atoms with E-state index in [1.165, 1.54) is 12.8 Å². The van der Waals surface area contributed by atoms with Gasteiger partial charge in [0.1, 0.15) is 0 Å². The Hall–Kier alpha value is -1.52. The molecule has 5 heteroatoms. The molecule has 2 rings (SSSR count). The maximum Gasteiger partial charge on any atom is 0.306 e. The molecule has 1 saturated carbocycles. The zero-order valence-corrected chi connectivity index (χ0v) is 9.96. The second kappa shape index (κ2) is 5.21. The monoisotopic (exact) mass is 235 g/mol. The first-order chi connectivity index (χ1) is 8.16. The predicted molar refractivity (Wildman–Crippen MR) is 61.5 cm³/mol. The van der Waals surface area contributed by atoms with Crippen molar-refractivity contribution in [1.82, 2.24) is 15.2 Å². The van der Waals surface area contributed by atoms with Gasteiger partial charge in [-0.1, -0.05) is 19.8 Å². The van der Waals surface area contributed by atoms with Gasteiger partial charge >= 0.3 is 5.97 Å². The molecule has 0 spiro atoms. The first kappa shape index (κ1) is 12.0. The van der Waals surface area contributed by atoms with Crippen LogP contribution in [0.3, 0.4) is 0 Å². The third kappa shape index (κ3) is 2.99. The fourth-order valence-electron chi connectivity index (χ4n) is 2.22. The summed E-state index contributed by atoms with van der Waals surface area (Å²) in [6.07, 6.45) is 6.87. The topological polar surface area (TPSA) is 76.0 Å². The smallest absolute Gasteiger partial charge is 0.306 e. The fraction of sp³-hybridized carbons (Fsp3) is 0.667. The predicted octanol–water partition coefficient (Wildman–Crippen LogP) is 1.79. The number of carboxylic acids is 1. The summed E-state index contributed by atoms with van der Waals surface area (Å²) < 4.78 is 0. The second-order valence-electron chi connectivity index (χ2n) is 4.72. The Kier molecular flexibility index (Phi) is 3.66. The van der Waals surface area contributed by atoms with Crippen molar-refractivity contribution in [2.45, 2.75) is 44.9 Å². The minimum atomic E-state index is -0.820. The van der Waals surface area contributed by atoms with Crippen molar-refractivity contribution < 1.29 is 9.90 Å². The van der Waals surface area contributed by atoms with Gasteiger partial charge in [-0.15, -0.1) is 5.10 Å². The largest absolute Gasteiger partial charge is 0.481 e. The summed E-state index contributed by atoms with van der Waals surface area (Å²) in [5.41, 5.74) is 0.977. The Morgan fingerprint density at radius 2 is 2.24 bits per heavy atom. The van der Waals surface area contributed by atoms with E-state index in [1.54, 1.807) is 13.1 Å². The highest BCUT2D eigenvalue weighted by Crippen LogP contribution is 2.32. The van der Waals surface area contributed by atoms with Gasteiger partial charge in [-0.3, -0.25) is 4.79 Å². The fourth-order valence-corrected chi connectivity index (χ4v) is 2.22. The molecule has 1 fully saturated rings. The average molecular weight is 235 g/mol. The van der Waals surface area contributed by atoms with Gasteiger partial charge in [-0.05, 0) is 12.8 Å². The van der Waals surface area contributed by atoms with Gasteiger partial charge in [-0.2, -0.15) is 5.10 Å². The molecule has 1 heterocycles. The lowest BCUT2D eigenvalue weighted by Crippen LogP contribution is -2.15. The standard InChI is InChI=1S/C12H17N3O2/c1-8(12(16)17)6-11-14-10(7-13-15-11)9-4-2-3-5-9/h7-9H,2-6H2,1H3,(H,16,17). The molecule has 1 aliphatic carbocycles. The minimum Gasteiger partial charge on any atom is -0.481 e. The molecule has 1 aliphatic rings. The highest BCUT2D eigenvalue weighted by atomic mass is 16.4. The molecule has 1 atom stereocenters. The van der Waals surface area contributed by atoms with Crippen molar-refractivity contribution in [1.29, 1.82) is 0 Å². The lowest BCUT2D eigenvalue weighted by atomic mass is 10.0. The van der Waals surface area contributed by atoms with Crippen LogP contribution in [-0.4, -0.2) is 26.3 Å². The van der Waals surface area contributed by atoms with E-state index >= 15 is 0 Å². The van der Waals surface area contributed by atoms with E-state index in [4.69, 9.17) is 5.11 Å². The van der Waals surface area contributed by atoms with Gasteiger partial charge in [0.2, 0.25) is 0 Å². The molecule has 5 nitrogen and oxygen atoms in total. The zero-order valence-electron chi connectivity index (χ0n) is 9.96. The van der Waals surface area contributed by atoms with Crippen LogP contribution in [0.1, 0.15) is 50.0 Å². The normalized spacial score (nSPS) is 18.2. The molecule has 1 aromatic heterocycles. The SMILES string of the molecule is CC(Cc1nncc(C2CCCC2)n1)C(=O)O. The van der Waals surface area contributed by atoms with E-state index in [-0.39, 0.29) is 0 Å². The van der Waals surface area contributed by atoms with Crippen molar-refractivity contribution in [3.63, 3.8) is 0 Å². The number of aromatic nitrogens is 3. The molecule has 17 heavy (non-hydrogen) atoms. The number of hydrogen-bond acceptors (Lipinski definition) is 4. The molecular weight excluding hydrogens is 218 g/mol. The molecular formula is C12H17N3O2. The number of carboxylic acid groups (broad SMARTS) is 1. The Morgan fingerprint density at radius 1 is 1.53 bits per heavy atom. The van der Waals surface area contributed by atoms with Crippen molar-refractivity contribution in [3.8, 4) is 0 Å². The second-order valence-corrected chi connectivity index (χ2v) is 4.72. The molecule has 1 unspecified atom stereocenters. The zero-order chi connectivity index (χ0) is 12.3. The maximum absolute atomic E-state index is 10.8. The van der Waals surface area contributed by atoms with Gasteiger partial charge in [-0.25, -0.2) is 4.98 Å². The van der Waals surface area contributed by atoms with Gasteiger partial charge in [0, 0.05) is 12.3 Å². The number of nitrogens with zero attached hydrogens (tertiary/aromatic N) is 3. The van der Waals surface area contributed by atoms with Crippen molar-refractivity contribution >= 4 is 5.97 Å². The van der Waals surface area contributed by atoms with Crippen molar-refractivity contribution in [3.05, 3.63) is 17.7 Å². The van der Waals surface area contributed by atoms with Crippen LogP contribution in [0.25, 0.3) is 0 Å². The van der Waals surface area contributed by atoms with E-state index in [2.05, 4.69) is 15.2 Å². The third-order valence-electron chi connectivity index (χ3n) is 3.31. The van der Waals surface area contributed by atoms with Gasteiger partial charge in [0.05, 0.1) is 17.8 Å². The van der Waals surface area contributed by atoms with Crippen LogP contribution in [0, 0.1) is 5.92 Å². The molecule has 1 N–H and O–H groups in total. The highest BCUT2D eigenvalue weighted by Gasteiger charge is 2.20.